The molecule has 0 fully saturated rings. The van der Waals surface area contributed by atoms with Crippen LogP contribution in [0, 0.1) is 0 Å². The van der Waals surface area contributed by atoms with E-state index in [1.165, 1.54) is 19.6 Å². The molecule has 0 aromatic rings. The summed E-state index contributed by atoms with van der Waals surface area (Å²) >= 11 is 0. The third-order valence-corrected chi connectivity index (χ3v) is 0. The average Bonchev–Trinajstić information content (AvgIpc) is 1.59. The summed E-state index contributed by atoms with van der Waals surface area (Å²) in [7, 11) is 0.641. The molecule has 0 saturated heterocycles. The van der Waals surface area contributed by atoms with Gasteiger partial charge in [0.2, 0.25) is 9.05 Å². The predicted molar refractivity (Wildman–Crippen MR) is 62.2 cm³/mol. The maximum Gasteiger partial charge on any atom is 0.229 e. The molecular formula is C5H20ClNO4S2. The third-order valence-electron chi connectivity index (χ3n) is 0. The smallest absolute Gasteiger partial charge is 0.229 e. The van der Waals surface area contributed by atoms with Crippen molar-refractivity contribution in [3.05, 3.63) is 0 Å². The maximum atomic E-state index is 9.40. The molecule has 0 atom stereocenters. The first kappa shape index (κ1) is 23.4. The highest BCUT2D eigenvalue weighted by atomic mass is 35.7. The summed E-state index contributed by atoms with van der Waals surface area (Å²) < 4.78 is 35.1. The van der Waals surface area contributed by atoms with Crippen LogP contribution in [-0.2, 0) is 9.05 Å². The molecule has 88 valence electrons. The van der Waals surface area contributed by atoms with Crippen molar-refractivity contribution in [2.45, 2.75) is 7.43 Å². The second-order valence-electron chi connectivity index (χ2n) is 1.90. The lowest BCUT2D eigenvalue weighted by Crippen LogP contribution is -1.85. The summed E-state index contributed by atoms with van der Waals surface area (Å²) in [6.45, 7) is 0. The number of halogens is 1. The van der Waals surface area contributed by atoms with Crippen LogP contribution in [0.3, 0.4) is 0 Å². The van der Waals surface area contributed by atoms with Crippen molar-refractivity contribution in [1.82, 2.24) is 0 Å². The van der Waals surface area contributed by atoms with Gasteiger partial charge in [-0.2, -0.15) is 0 Å². The van der Waals surface area contributed by atoms with E-state index in [0.29, 0.717) is 0 Å². The molecule has 13 heavy (non-hydrogen) atoms. The lowest BCUT2D eigenvalue weighted by molar-refractivity contribution is 0.503. The van der Waals surface area contributed by atoms with Crippen LogP contribution in [0.15, 0.2) is 0 Å². The molecule has 0 spiro atoms. The quantitative estimate of drug-likeness (QED) is 0.570. The molecule has 0 aromatic heterocycles. The fraction of sp³-hybridized carbons (Fsp3) is 1.00. The van der Waals surface area contributed by atoms with Crippen LogP contribution in [0.5, 0.6) is 0 Å². The first-order chi connectivity index (χ1) is 5.00. The Morgan fingerprint density at radius 2 is 1.08 bits per heavy atom. The molecule has 0 aliphatic carbocycles. The van der Waals surface area contributed by atoms with E-state index in [1.807, 2.05) is 0 Å². The van der Waals surface area contributed by atoms with Gasteiger partial charge in [0.1, 0.15) is 0 Å². The highest BCUT2D eigenvalue weighted by Gasteiger charge is 1.84. The Hall–Kier alpha value is 0.470. The molecule has 0 rings (SSSR count). The monoisotopic (exact) mass is 257 g/mol. The molecule has 5 nitrogen and oxygen atoms in total. The van der Waals surface area contributed by atoms with Gasteiger partial charge >= 0.3 is 0 Å². The third kappa shape index (κ3) is 6190. The molecule has 0 unspecified atom stereocenters. The van der Waals surface area contributed by atoms with Crippen molar-refractivity contribution < 1.29 is 17.5 Å². The first-order valence-electron chi connectivity index (χ1n) is 2.65. The summed E-state index contributed by atoms with van der Waals surface area (Å²) in [5.74, 6) is 0. The fourth-order valence-corrected chi connectivity index (χ4v) is 0. The van der Waals surface area contributed by atoms with Crippen molar-refractivity contribution in [2.24, 2.45) is 5.73 Å². The molecule has 0 radical (unpaired) electrons. The van der Waals surface area contributed by atoms with E-state index in [-0.39, 0.29) is 7.43 Å². The number of hydrogen-bond donors (Lipinski definition) is 3. The van der Waals surface area contributed by atoms with Crippen LogP contribution >= 0.6 is 21.3 Å². The number of hydrogen-bond acceptors (Lipinski definition) is 5. The van der Waals surface area contributed by atoms with Gasteiger partial charge in [-0.1, -0.05) is 7.43 Å². The average molecular weight is 258 g/mol. The van der Waals surface area contributed by atoms with E-state index in [9.17, 15) is 8.42 Å². The van der Waals surface area contributed by atoms with Crippen molar-refractivity contribution >= 4 is 30.3 Å². The van der Waals surface area contributed by atoms with Crippen LogP contribution in [0.2, 0.25) is 0 Å². The Morgan fingerprint density at radius 3 is 1.08 bits per heavy atom. The van der Waals surface area contributed by atoms with Gasteiger partial charge in [0.25, 0.3) is 0 Å². The minimum Gasteiger partial charge on any atom is -0.333 e. The molecule has 0 saturated carbocycles. The van der Waals surface area contributed by atoms with Gasteiger partial charge in [-0.05, 0) is 7.05 Å². The predicted octanol–water partition coefficient (Wildman–Crippen LogP) is 1.39. The van der Waals surface area contributed by atoms with E-state index in [4.69, 9.17) is 9.11 Å². The Bertz CT molecular complexity index is 161. The van der Waals surface area contributed by atoms with E-state index in [0.717, 1.165) is 6.26 Å². The zero-order valence-electron chi connectivity index (χ0n) is 7.48. The molecule has 0 aromatic carbocycles. The van der Waals surface area contributed by atoms with Gasteiger partial charge in [0.05, 0.1) is 6.26 Å². The van der Waals surface area contributed by atoms with Crippen molar-refractivity contribution in [3.8, 4) is 0 Å². The minimum absolute atomic E-state index is 0. The van der Waals surface area contributed by atoms with E-state index < -0.39 is 19.6 Å². The maximum absolute atomic E-state index is 9.40. The second kappa shape index (κ2) is 10.6. The fourth-order valence-electron chi connectivity index (χ4n) is 0. The van der Waals surface area contributed by atoms with E-state index in [1.54, 1.807) is 0 Å². The van der Waals surface area contributed by atoms with Crippen molar-refractivity contribution in [3.63, 3.8) is 0 Å². The lowest BCUT2D eigenvalue weighted by Gasteiger charge is -2.18. The van der Waals surface area contributed by atoms with Crippen LogP contribution in [0.25, 0.3) is 0 Å². The van der Waals surface area contributed by atoms with E-state index in [2.05, 4.69) is 16.4 Å². The van der Waals surface area contributed by atoms with E-state index >= 15 is 0 Å². The van der Waals surface area contributed by atoms with Crippen LogP contribution < -0.4 is 5.73 Å². The lowest BCUT2D eigenvalue weighted by atomic mass is 11.6. The number of nitrogens with two attached hydrogens (primary N) is 1. The van der Waals surface area contributed by atoms with Crippen LogP contribution in [-0.4, -0.2) is 43.3 Å². The molecular weight excluding hydrogens is 238 g/mol. The second-order valence-corrected chi connectivity index (χ2v) is 7.39. The molecule has 0 aliphatic heterocycles. The standard InChI is InChI=1S/C2H8O2S.CH3ClO2S.CH5N.CH4/c2*1-5(2,3)4;1-2;/h3-4H,1-2H3;1H3;2H2,1H3;1H4. The van der Waals surface area contributed by atoms with Crippen molar-refractivity contribution in [1.29, 1.82) is 0 Å². The Kier molecular flexibility index (Phi) is 19.0. The highest BCUT2D eigenvalue weighted by molar-refractivity contribution is 8.23. The molecule has 0 bridgehead atoms. The largest absolute Gasteiger partial charge is 0.333 e. The highest BCUT2D eigenvalue weighted by Crippen LogP contribution is 2.25. The molecule has 4 N–H and O–H groups in total. The summed E-state index contributed by atoms with van der Waals surface area (Å²) in [4.78, 5) is 0. The Labute approximate surface area is 87.1 Å². The topological polar surface area (TPSA) is 101 Å². The first-order valence-corrected chi connectivity index (χ1v) is 7.74. The number of rotatable bonds is 0. The van der Waals surface area contributed by atoms with Gasteiger partial charge in [-0.3, -0.25) is 9.11 Å². The Morgan fingerprint density at radius 1 is 1.08 bits per heavy atom. The normalized spacial score (nSPS) is 10.8. The van der Waals surface area contributed by atoms with Crippen molar-refractivity contribution in [2.75, 3.05) is 25.8 Å². The van der Waals surface area contributed by atoms with Gasteiger partial charge in [0, 0.05) is 23.2 Å². The van der Waals surface area contributed by atoms with Gasteiger partial charge in [-0.25, -0.2) is 19.0 Å². The van der Waals surface area contributed by atoms with Crippen LogP contribution in [0.4, 0.5) is 0 Å². The summed E-state index contributed by atoms with van der Waals surface area (Å²) in [6, 6.07) is 0. The molecule has 0 heterocycles. The molecule has 0 aliphatic rings. The summed E-state index contributed by atoms with van der Waals surface area (Å²) in [5.41, 5.74) is 4.50. The Balaban J connectivity index is -0.0000000491. The zero-order chi connectivity index (χ0) is 11.0. The minimum atomic E-state index is -3.19. The molecule has 0 amide bonds. The van der Waals surface area contributed by atoms with Gasteiger partial charge in [-0.15, -0.1) is 0 Å². The molecule has 8 heteroatoms. The summed E-state index contributed by atoms with van der Waals surface area (Å²) in [6.07, 6.45) is 3.69. The SMILES string of the molecule is C.CN.CS(=O)(=O)Cl.CS(C)(O)O. The van der Waals surface area contributed by atoms with Gasteiger partial charge in [0.15, 0.2) is 0 Å². The van der Waals surface area contributed by atoms with Gasteiger partial charge < -0.3 is 5.73 Å². The zero-order valence-corrected chi connectivity index (χ0v) is 9.87. The van der Waals surface area contributed by atoms with Crippen LogP contribution in [0.1, 0.15) is 7.43 Å². The summed E-state index contributed by atoms with van der Waals surface area (Å²) in [5, 5.41) is 0.